The molecule has 0 saturated heterocycles. The Morgan fingerprint density at radius 1 is 1.11 bits per heavy atom. The minimum absolute atomic E-state index is 0.0421. The van der Waals surface area contributed by atoms with Gasteiger partial charge in [0, 0.05) is 6.08 Å². The van der Waals surface area contributed by atoms with Crippen molar-refractivity contribution in [2.45, 2.75) is 17.9 Å². The summed E-state index contributed by atoms with van der Waals surface area (Å²) < 4.78 is 37.4. The van der Waals surface area contributed by atoms with Gasteiger partial charge in [0.25, 0.3) is 15.9 Å². The van der Waals surface area contributed by atoms with Gasteiger partial charge in [0.2, 0.25) is 0 Å². The standard InChI is InChI=1S/C19H20N2O6S/c1-13(19(20)23)27-18(22)12-9-14-7-10-15(11-8-14)28(24,25)21-16-5-3-4-6-17(16)26-2/h3-13,21H,1-2H3,(H2,20,23)/b12-9+/t13-/m0/s1. The summed E-state index contributed by atoms with van der Waals surface area (Å²) >= 11 is 0. The minimum atomic E-state index is -3.82. The Morgan fingerprint density at radius 2 is 1.75 bits per heavy atom. The maximum Gasteiger partial charge on any atom is 0.331 e. The van der Waals surface area contributed by atoms with E-state index in [1.54, 1.807) is 24.3 Å². The van der Waals surface area contributed by atoms with Gasteiger partial charge in [0.15, 0.2) is 6.10 Å². The molecule has 0 saturated carbocycles. The van der Waals surface area contributed by atoms with E-state index in [2.05, 4.69) is 4.72 Å². The van der Waals surface area contributed by atoms with Gasteiger partial charge >= 0.3 is 5.97 Å². The predicted octanol–water partition coefficient (Wildman–Crippen LogP) is 1.93. The van der Waals surface area contributed by atoms with Crippen molar-refractivity contribution in [1.82, 2.24) is 0 Å². The topological polar surface area (TPSA) is 125 Å². The van der Waals surface area contributed by atoms with E-state index >= 15 is 0 Å². The van der Waals surface area contributed by atoms with Crippen LogP contribution in [0.25, 0.3) is 6.08 Å². The van der Waals surface area contributed by atoms with Crippen LogP contribution >= 0.6 is 0 Å². The van der Waals surface area contributed by atoms with Crippen LogP contribution in [0.1, 0.15) is 12.5 Å². The van der Waals surface area contributed by atoms with Crippen LogP contribution in [0, 0.1) is 0 Å². The maximum atomic E-state index is 12.5. The normalized spacial score (nSPS) is 12.4. The highest BCUT2D eigenvalue weighted by molar-refractivity contribution is 7.92. The number of methoxy groups -OCH3 is 1. The first-order valence-corrected chi connectivity index (χ1v) is 9.65. The number of benzene rings is 2. The van der Waals surface area contributed by atoms with Crippen LogP contribution in [0.15, 0.2) is 59.5 Å². The third-order valence-corrected chi connectivity index (χ3v) is 5.03. The molecule has 0 aliphatic heterocycles. The summed E-state index contributed by atoms with van der Waals surface area (Å²) in [5.74, 6) is -1.09. The monoisotopic (exact) mass is 404 g/mol. The van der Waals surface area contributed by atoms with Crippen molar-refractivity contribution in [2.75, 3.05) is 11.8 Å². The Morgan fingerprint density at radius 3 is 2.36 bits per heavy atom. The predicted molar refractivity (Wildman–Crippen MR) is 104 cm³/mol. The number of sulfonamides is 1. The number of nitrogens with two attached hydrogens (primary N) is 1. The molecule has 0 fully saturated rings. The van der Waals surface area contributed by atoms with E-state index in [1.165, 1.54) is 44.4 Å². The molecular formula is C19H20N2O6S. The van der Waals surface area contributed by atoms with Gasteiger partial charge in [-0.05, 0) is 42.8 Å². The van der Waals surface area contributed by atoms with Crippen molar-refractivity contribution in [3.8, 4) is 5.75 Å². The first-order valence-electron chi connectivity index (χ1n) is 8.17. The Hall–Kier alpha value is -3.33. The average molecular weight is 404 g/mol. The summed E-state index contributed by atoms with van der Waals surface area (Å²) in [6.07, 6.45) is 1.52. The second kappa shape index (κ2) is 9.05. The van der Waals surface area contributed by atoms with Crippen molar-refractivity contribution >= 4 is 33.7 Å². The fourth-order valence-electron chi connectivity index (χ4n) is 2.13. The number of amides is 1. The number of nitrogens with one attached hydrogen (secondary N) is 1. The molecule has 0 unspecified atom stereocenters. The van der Waals surface area contributed by atoms with E-state index in [9.17, 15) is 18.0 Å². The number of para-hydroxylation sites is 2. The summed E-state index contributed by atoms with van der Waals surface area (Å²) in [4.78, 5) is 22.5. The Bertz CT molecular complexity index is 984. The number of hydrogen-bond acceptors (Lipinski definition) is 6. The lowest BCUT2D eigenvalue weighted by molar-refractivity contribution is -0.148. The molecule has 3 N–H and O–H groups in total. The number of carbonyl (C=O) groups is 2. The molecule has 9 heteroatoms. The van der Waals surface area contributed by atoms with Crippen LogP contribution in [0.3, 0.4) is 0 Å². The van der Waals surface area contributed by atoms with Crippen LogP contribution < -0.4 is 15.2 Å². The largest absolute Gasteiger partial charge is 0.495 e. The van der Waals surface area contributed by atoms with Crippen molar-refractivity contribution in [3.63, 3.8) is 0 Å². The number of hydrogen-bond donors (Lipinski definition) is 2. The number of primary amides is 1. The van der Waals surface area contributed by atoms with Gasteiger partial charge < -0.3 is 15.2 Å². The van der Waals surface area contributed by atoms with E-state index in [0.29, 0.717) is 17.0 Å². The fourth-order valence-corrected chi connectivity index (χ4v) is 3.20. The zero-order chi connectivity index (χ0) is 20.7. The van der Waals surface area contributed by atoms with Crippen LogP contribution in [-0.2, 0) is 24.3 Å². The van der Waals surface area contributed by atoms with E-state index in [-0.39, 0.29) is 4.90 Å². The van der Waals surface area contributed by atoms with Crippen molar-refractivity contribution < 1.29 is 27.5 Å². The van der Waals surface area contributed by atoms with Gasteiger partial charge in [0.1, 0.15) is 5.75 Å². The summed E-state index contributed by atoms with van der Waals surface area (Å²) in [7, 11) is -2.37. The Balaban J connectivity index is 2.09. The third kappa shape index (κ3) is 5.58. The molecule has 0 spiro atoms. The second-order valence-electron chi connectivity index (χ2n) is 5.69. The first-order chi connectivity index (χ1) is 13.2. The fraction of sp³-hybridized carbons (Fsp3) is 0.158. The van der Waals surface area contributed by atoms with Crippen molar-refractivity contribution in [3.05, 3.63) is 60.2 Å². The van der Waals surface area contributed by atoms with E-state index in [4.69, 9.17) is 15.2 Å². The van der Waals surface area contributed by atoms with Gasteiger partial charge in [-0.1, -0.05) is 24.3 Å². The molecular weight excluding hydrogens is 384 g/mol. The van der Waals surface area contributed by atoms with Crippen LogP contribution in [0.5, 0.6) is 5.75 Å². The lowest BCUT2D eigenvalue weighted by Crippen LogP contribution is -2.29. The number of ether oxygens (including phenoxy) is 2. The maximum absolute atomic E-state index is 12.5. The van der Waals surface area contributed by atoms with Gasteiger partial charge in [-0.3, -0.25) is 9.52 Å². The molecule has 2 aromatic carbocycles. The molecule has 2 aromatic rings. The van der Waals surface area contributed by atoms with Gasteiger partial charge in [-0.15, -0.1) is 0 Å². The highest BCUT2D eigenvalue weighted by atomic mass is 32.2. The quantitative estimate of drug-likeness (QED) is 0.512. The number of carbonyl (C=O) groups excluding carboxylic acids is 2. The molecule has 1 atom stereocenters. The molecule has 0 bridgehead atoms. The Labute approximate surface area is 163 Å². The SMILES string of the molecule is COc1ccccc1NS(=O)(=O)c1ccc(/C=C/C(=O)O[C@@H](C)C(N)=O)cc1. The third-order valence-electron chi connectivity index (χ3n) is 3.65. The summed E-state index contributed by atoms with van der Waals surface area (Å²) in [6.45, 7) is 1.36. The molecule has 0 aliphatic carbocycles. The summed E-state index contributed by atoms with van der Waals surface area (Å²) in [6, 6.07) is 12.5. The zero-order valence-electron chi connectivity index (χ0n) is 15.3. The van der Waals surface area contributed by atoms with Gasteiger partial charge in [-0.2, -0.15) is 0 Å². The van der Waals surface area contributed by atoms with E-state index in [1.807, 2.05) is 0 Å². The lowest BCUT2D eigenvalue weighted by Gasteiger charge is -2.11. The molecule has 0 heterocycles. The highest BCUT2D eigenvalue weighted by Gasteiger charge is 2.16. The number of anilines is 1. The molecule has 0 aliphatic rings. The molecule has 28 heavy (non-hydrogen) atoms. The van der Waals surface area contributed by atoms with E-state index < -0.39 is 28.0 Å². The Kier molecular flexibility index (Phi) is 6.78. The molecule has 0 radical (unpaired) electrons. The molecule has 2 rings (SSSR count). The molecule has 8 nitrogen and oxygen atoms in total. The van der Waals surface area contributed by atoms with Crippen molar-refractivity contribution in [1.29, 1.82) is 0 Å². The minimum Gasteiger partial charge on any atom is -0.495 e. The second-order valence-corrected chi connectivity index (χ2v) is 7.37. The van der Waals surface area contributed by atoms with Crippen LogP contribution in [0.4, 0.5) is 5.69 Å². The van der Waals surface area contributed by atoms with Gasteiger partial charge in [0.05, 0.1) is 17.7 Å². The zero-order valence-corrected chi connectivity index (χ0v) is 16.1. The summed E-state index contributed by atoms with van der Waals surface area (Å²) in [5.41, 5.74) is 5.90. The van der Waals surface area contributed by atoms with Crippen LogP contribution in [-0.4, -0.2) is 33.5 Å². The molecule has 1 amide bonds. The number of esters is 1. The van der Waals surface area contributed by atoms with Gasteiger partial charge in [-0.25, -0.2) is 13.2 Å². The summed E-state index contributed by atoms with van der Waals surface area (Å²) in [5, 5.41) is 0. The highest BCUT2D eigenvalue weighted by Crippen LogP contribution is 2.26. The first kappa shape index (κ1) is 21.0. The molecule has 148 valence electrons. The van der Waals surface area contributed by atoms with Crippen LogP contribution in [0.2, 0.25) is 0 Å². The smallest absolute Gasteiger partial charge is 0.331 e. The van der Waals surface area contributed by atoms with E-state index in [0.717, 1.165) is 6.08 Å². The lowest BCUT2D eigenvalue weighted by atomic mass is 10.2. The average Bonchev–Trinajstić information content (AvgIpc) is 2.66. The van der Waals surface area contributed by atoms with Crippen molar-refractivity contribution in [2.24, 2.45) is 5.73 Å². The number of rotatable bonds is 8. The molecule has 0 aromatic heterocycles.